The number of hydrogen-bond acceptors (Lipinski definition) is 1. The molecule has 0 saturated heterocycles. The van der Waals surface area contributed by atoms with Gasteiger partial charge in [0.1, 0.15) is 11.6 Å². The fourth-order valence-corrected chi connectivity index (χ4v) is 1.09. The minimum absolute atomic E-state index is 0.0474. The van der Waals surface area contributed by atoms with Crippen molar-refractivity contribution in [1.82, 2.24) is 5.32 Å². The van der Waals surface area contributed by atoms with E-state index < -0.39 is 11.6 Å². The lowest BCUT2D eigenvalue weighted by molar-refractivity contribution is -0.109. The van der Waals surface area contributed by atoms with Crippen LogP contribution in [0, 0.1) is 11.6 Å². The summed E-state index contributed by atoms with van der Waals surface area (Å²) in [5.41, 5.74) is -0.0474. The normalized spacial score (nSPS) is 9.77. The van der Waals surface area contributed by atoms with Crippen LogP contribution < -0.4 is 5.32 Å². The summed E-state index contributed by atoms with van der Waals surface area (Å²) in [6.07, 6.45) is 0.390. The summed E-state index contributed by atoms with van der Waals surface area (Å²) >= 11 is 5.46. The maximum absolute atomic E-state index is 12.9. The molecule has 0 atom stereocenters. The number of benzene rings is 1. The van der Waals surface area contributed by atoms with Crippen molar-refractivity contribution in [2.24, 2.45) is 0 Å². The van der Waals surface area contributed by atoms with E-state index in [1.807, 2.05) is 0 Å². The zero-order valence-corrected chi connectivity index (χ0v) is 7.24. The smallest absolute Gasteiger partial charge is 0.207 e. The third-order valence-corrected chi connectivity index (χ3v) is 1.91. The zero-order chi connectivity index (χ0) is 9.84. The predicted molar refractivity (Wildman–Crippen MR) is 44.3 cm³/mol. The second-order valence-corrected chi connectivity index (χ2v) is 2.70. The summed E-state index contributed by atoms with van der Waals surface area (Å²) in [5, 5.41) is 1.90. The molecule has 1 aromatic rings. The average molecular weight is 206 g/mol. The first-order valence-electron chi connectivity index (χ1n) is 3.46. The Kier molecular flexibility index (Phi) is 3.19. The Morgan fingerprint density at radius 3 is 2.62 bits per heavy atom. The molecule has 0 aliphatic rings. The number of amides is 1. The SMILES string of the molecule is O=CNCc1c(F)ccc(F)c1Cl. The minimum atomic E-state index is -0.703. The van der Waals surface area contributed by atoms with Crippen LogP contribution in [0.1, 0.15) is 5.56 Å². The summed E-state index contributed by atoms with van der Waals surface area (Å²) < 4.78 is 25.7. The molecule has 0 heterocycles. The Hall–Kier alpha value is -1.16. The van der Waals surface area contributed by atoms with Crippen LogP contribution >= 0.6 is 11.6 Å². The topological polar surface area (TPSA) is 29.1 Å². The molecule has 0 fully saturated rings. The van der Waals surface area contributed by atoms with Crippen molar-refractivity contribution in [3.05, 3.63) is 34.4 Å². The molecule has 70 valence electrons. The molecule has 0 unspecified atom stereocenters. The van der Waals surface area contributed by atoms with Crippen LogP contribution in [0.2, 0.25) is 5.02 Å². The number of nitrogens with one attached hydrogen (secondary N) is 1. The maximum Gasteiger partial charge on any atom is 0.207 e. The summed E-state index contributed by atoms with van der Waals surface area (Å²) in [7, 11) is 0. The number of halogens is 3. The molecule has 0 bridgehead atoms. The van der Waals surface area contributed by atoms with Gasteiger partial charge in [-0.15, -0.1) is 0 Å². The molecule has 0 radical (unpaired) electrons. The van der Waals surface area contributed by atoms with Gasteiger partial charge in [0.15, 0.2) is 0 Å². The van der Waals surface area contributed by atoms with Crippen LogP contribution in [0.15, 0.2) is 12.1 Å². The van der Waals surface area contributed by atoms with Crippen LogP contribution in [0.5, 0.6) is 0 Å². The van der Waals surface area contributed by atoms with Crippen LogP contribution in [-0.2, 0) is 11.3 Å². The molecule has 0 aromatic heterocycles. The predicted octanol–water partition coefficient (Wildman–Crippen LogP) is 1.86. The van der Waals surface area contributed by atoms with Crippen molar-refractivity contribution in [2.75, 3.05) is 0 Å². The Labute approximate surface area is 78.5 Å². The molecular weight excluding hydrogens is 200 g/mol. The van der Waals surface area contributed by atoms with Crippen molar-refractivity contribution in [3.63, 3.8) is 0 Å². The van der Waals surface area contributed by atoms with E-state index in [2.05, 4.69) is 5.32 Å². The molecule has 0 saturated carbocycles. The fraction of sp³-hybridized carbons (Fsp3) is 0.125. The van der Waals surface area contributed by atoms with E-state index in [4.69, 9.17) is 11.6 Å². The standard InChI is InChI=1S/C8H6ClF2NO/c9-8-5(3-12-4-13)6(10)1-2-7(8)11/h1-2,4H,3H2,(H,12,13). The first-order valence-corrected chi connectivity index (χ1v) is 3.84. The van der Waals surface area contributed by atoms with Crippen molar-refractivity contribution in [3.8, 4) is 0 Å². The largest absolute Gasteiger partial charge is 0.354 e. The highest BCUT2D eigenvalue weighted by molar-refractivity contribution is 6.31. The van der Waals surface area contributed by atoms with Crippen molar-refractivity contribution in [1.29, 1.82) is 0 Å². The Morgan fingerprint density at radius 1 is 1.38 bits per heavy atom. The highest BCUT2D eigenvalue weighted by Gasteiger charge is 2.10. The lowest BCUT2D eigenvalue weighted by atomic mass is 10.2. The van der Waals surface area contributed by atoms with Gasteiger partial charge in [0.2, 0.25) is 6.41 Å². The molecule has 1 N–H and O–H groups in total. The maximum atomic E-state index is 12.9. The zero-order valence-electron chi connectivity index (χ0n) is 6.48. The van der Waals surface area contributed by atoms with Crippen LogP contribution in [0.3, 0.4) is 0 Å². The van der Waals surface area contributed by atoms with Gasteiger partial charge in [-0.25, -0.2) is 8.78 Å². The van der Waals surface area contributed by atoms with Gasteiger partial charge in [0, 0.05) is 12.1 Å². The Morgan fingerprint density at radius 2 is 2.00 bits per heavy atom. The number of rotatable bonds is 3. The Balaban J connectivity index is 3.02. The van der Waals surface area contributed by atoms with Gasteiger partial charge in [-0.05, 0) is 12.1 Å². The van der Waals surface area contributed by atoms with E-state index in [0.717, 1.165) is 12.1 Å². The molecule has 0 aliphatic heterocycles. The van der Waals surface area contributed by atoms with E-state index in [1.54, 1.807) is 0 Å². The van der Waals surface area contributed by atoms with E-state index in [-0.39, 0.29) is 17.1 Å². The number of hydrogen-bond donors (Lipinski definition) is 1. The third kappa shape index (κ3) is 2.15. The van der Waals surface area contributed by atoms with Crippen LogP contribution in [0.25, 0.3) is 0 Å². The summed E-state index contributed by atoms with van der Waals surface area (Å²) in [4.78, 5) is 9.92. The molecule has 0 spiro atoms. The number of carbonyl (C=O) groups is 1. The molecule has 1 rings (SSSR count). The van der Waals surface area contributed by atoms with Gasteiger partial charge in [0.25, 0.3) is 0 Å². The second kappa shape index (κ2) is 4.18. The lowest BCUT2D eigenvalue weighted by Gasteiger charge is -2.04. The summed E-state index contributed by atoms with van der Waals surface area (Å²) in [6.45, 7) is -0.119. The van der Waals surface area contributed by atoms with Crippen molar-refractivity contribution < 1.29 is 13.6 Å². The van der Waals surface area contributed by atoms with Crippen LogP contribution in [-0.4, -0.2) is 6.41 Å². The molecular formula is C8H6ClF2NO. The molecule has 1 aromatic carbocycles. The van der Waals surface area contributed by atoms with Gasteiger partial charge in [0.05, 0.1) is 5.02 Å². The molecule has 0 aliphatic carbocycles. The molecule has 1 amide bonds. The fourth-order valence-electron chi connectivity index (χ4n) is 0.875. The van der Waals surface area contributed by atoms with Crippen molar-refractivity contribution >= 4 is 18.0 Å². The molecule has 13 heavy (non-hydrogen) atoms. The second-order valence-electron chi connectivity index (χ2n) is 2.32. The van der Waals surface area contributed by atoms with Crippen molar-refractivity contribution in [2.45, 2.75) is 6.54 Å². The van der Waals surface area contributed by atoms with Gasteiger partial charge in [-0.3, -0.25) is 4.79 Å². The lowest BCUT2D eigenvalue weighted by Crippen LogP contribution is -2.12. The van der Waals surface area contributed by atoms with Gasteiger partial charge >= 0.3 is 0 Å². The van der Waals surface area contributed by atoms with Gasteiger partial charge in [-0.1, -0.05) is 11.6 Å². The average Bonchev–Trinajstić information content (AvgIpc) is 2.12. The summed E-state index contributed by atoms with van der Waals surface area (Å²) in [5.74, 6) is -1.34. The molecule has 5 heteroatoms. The van der Waals surface area contributed by atoms with E-state index >= 15 is 0 Å². The first-order chi connectivity index (χ1) is 6.16. The Bertz CT molecular complexity index is 330. The molecule has 2 nitrogen and oxygen atoms in total. The first kappa shape index (κ1) is 9.92. The van der Waals surface area contributed by atoms with E-state index in [9.17, 15) is 13.6 Å². The van der Waals surface area contributed by atoms with E-state index in [0.29, 0.717) is 6.41 Å². The quantitative estimate of drug-likeness (QED) is 0.592. The van der Waals surface area contributed by atoms with Gasteiger partial charge < -0.3 is 5.32 Å². The van der Waals surface area contributed by atoms with Crippen LogP contribution in [0.4, 0.5) is 8.78 Å². The number of carbonyl (C=O) groups excluding carboxylic acids is 1. The third-order valence-electron chi connectivity index (χ3n) is 1.50. The minimum Gasteiger partial charge on any atom is -0.354 e. The highest BCUT2D eigenvalue weighted by atomic mass is 35.5. The van der Waals surface area contributed by atoms with E-state index in [1.165, 1.54) is 0 Å². The highest BCUT2D eigenvalue weighted by Crippen LogP contribution is 2.22. The monoisotopic (exact) mass is 205 g/mol. The summed E-state index contributed by atoms with van der Waals surface area (Å²) in [6, 6.07) is 1.89. The van der Waals surface area contributed by atoms with Gasteiger partial charge in [-0.2, -0.15) is 0 Å².